The summed E-state index contributed by atoms with van der Waals surface area (Å²) in [5, 5.41) is 1.24. The van der Waals surface area contributed by atoms with Gasteiger partial charge in [-0.25, -0.2) is 0 Å². The summed E-state index contributed by atoms with van der Waals surface area (Å²) in [5.41, 5.74) is 6.03. The molecule has 4 heterocycles. The molecule has 3 aromatic heterocycles. The maximum absolute atomic E-state index is 4.89. The van der Waals surface area contributed by atoms with Crippen molar-refractivity contribution in [2.24, 2.45) is 14.1 Å². The number of hydrogen-bond donors (Lipinski definition) is 0. The molecule has 24 heavy (non-hydrogen) atoms. The van der Waals surface area contributed by atoms with Gasteiger partial charge in [0.25, 0.3) is 5.52 Å². The summed E-state index contributed by atoms with van der Waals surface area (Å²) in [6.07, 6.45) is 4.14. The number of benzene rings is 1. The molecule has 1 aromatic carbocycles. The van der Waals surface area contributed by atoms with Gasteiger partial charge >= 0.3 is 5.82 Å². The predicted octanol–water partition coefficient (Wildman–Crippen LogP) is 1.84. The molecule has 121 valence electrons. The van der Waals surface area contributed by atoms with Gasteiger partial charge in [0.15, 0.2) is 0 Å². The van der Waals surface area contributed by atoms with Gasteiger partial charge in [-0.1, -0.05) is 6.07 Å². The molecule has 0 atom stereocenters. The molecule has 0 saturated heterocycles. The second-order valence-electron chi connectivity index (χ2n) is 6.32. The van der Waals surface area contributed by atoms with E-state index in [1.807, 2.05) is 6.07 Å². The maximum Gasteiger partial charge on any atom is 0.362 e. The quantitative estimate of drug-likeness (QED) is 0.214. The van der Waals surface area contributed by atoms with Gasteiger partial charge in [0, 0.05) is 35.4 Å². The number of pyridine rings is 2. The van der Waals surface area contributed by atoms with Crippen molar-refractivity contribution in [2.75, 3.05) is 0 Å². The Morgan fingerprint density at radius 3 is 2.79 bits per heavy atom. The van der Waals surface area contributed by atoms with Crippen molar-refractivity contribution in [1.82, 2.24) is 9.55 Å². The Bertz CT molecular complexity index is 1130. The molecule has 0 amide bonds. The van der Waals surface area contributed by atoms with Gasteiger partial charge in [-0.05, 0) is 24.6 Å². The van der Waals surface area contributed by atoms with Crippen LogP contribution in [0, 0.1) is 13.1 Å². The average molecular weight is 548 g/mol. The van der Waals surface area contributed by atoms with Crippen LogP contribution < -0.4 is 9.13 Å². The fraction of sp³-hybridized carbons (Fsp3) is 0.211. The molecule has 0 N–H and O–H groups in total. The molecule has 5 heteroatoms. The van der Waals surface area contributed by atoms with Gasteiger partial charge in [0.05, 0.1) is 13.5 Å². The van der Waals surface area contributed by atoms with Crippen molar-refractivity contribution in [3.63, 3.8) is 0 Å². The van der Waals surface area contributed by atoms with E-state index in [1.54, 1.807) is 0 Å². The number of fused-ring (bicyclic) bond motifs is 7. The molecule has 4 aromatic rings. The van der Waals surface area contributed by atoms with Crippen molar-refractivity contribution in [3.05, 3.63) is 59.7 Å². The Hall–Kier alpha value is -3.75. The monoisotopic (exact) mass is 548 g/mol. The number of aromatic nitrogens is 4. The third kappa shape index (κ3) is 1.50. The number of hydrogen-bond acceptors (Lipinski definition) is 1. The average Bonchev–Trinajstić information content (AvgIpc) is 3.06. The number of imidazole rings is 1. The van der Waals surface area contributed by atoms with Crippen LogP contribution in [-0.4, -0.2) is 9.55 Å². The summed E-state index contributed by atoms with van der Waals surface area (Å²) in [4.78, 5) is 4.89. The van der Waals surface area contributed by atoms with E-state index in [4.69, 9.17) is 4.98 Å². The fourth-order valence-corrected chi connectivity index (χ4v) is 3.75. The largest absolute Gasteiger partial charge is 0.362 e. The summed E-state index contributed by atoms with van der Waals surface area (Å²) in [7, 11) is 4.18. The Kier molecular flexibility index (Phi) is 2.53. The number of rotatable bonds is 0. The van der Waals surface area contributed by atoms with Crippen molar-refractivity contribution in [2.45, 2.75) is 13.3 Å². The Morgan fingerprint density at radius 1 is 1.17 bits per heavy atom. The summed E-state index contributed by atoms with van der Waals surface area (Å²) in [5.74, 6) is 2.29. The van der Waals surface area contributed by atoms with Gasteiger partial charge < -0.3 is 9.13 Å². The second-order valence-corrected chi connectivity index (χ2v) is 6.32. The topological polar surface area (TPSA) is 25.6 Å². The standard InChI is InChI=1S/C19H17N4.Bk/c1-12-6-7-13-8-9-15-18(17(13)22(12)3)23-16(20-15)11-14-5-4-10-21(2)19(14)23;/h4-9H,11H2,1-3H3;/q+1;. The van der Waals surface area contributed by atoms with E-state index >= 15 is 0 Å². The van der Waals surface area contributed by atoms with E-state index in [-0.39, 0.29) is 0 Å². The van der Waals surface area contributed by atoms with Gasteiger partial charge in [-0.15, -0.1) is 6.07 Å². The Balaban J connectivity index is 0.00000146. The van der Waals surface area contributed by atoms with Crippen LogP contribution >= 0.6 is 0 Å². The van der Waals surface area contributed by atoms with Crippen LogP contribution in [0.4, 0.5) is 0 Å². The van der Waals surface area contributed by atoms with Crippen LogP contribution in [0.25, 0.3) is 27.8 Å². The van der Waals surface area contributed by atoms with Crippen LogP contribution in [0.15, 0.2) is 36.4 Å². The first-order valence-corrected chi connectivity index (χ1v) is 7.85. The van der Waals surface area contributed by atoms with Gasteiger partial charge in [-0.2, -0.15) is 10.6 Å². The SMILES string of the molecule is Cc1ccc2ccc3nc4[n+](c3c2n1C)-c1c(cc[c-][n+]1C)C4.[Bk]. The summed E-state index contributed by atoms with van der Waals surface area (Å²) < 4.78 is 6.64. The maximum atomic E-state index is 4.89. The van der Waals surface area contributed by atoms with E-state index < -0.39 is 0 Å². The molecular formula is C19H17BkN4+. The first-order chi connectivity index (χ1) is 11.1. The fourth-order valence-electron chi connectivity index (χ4n) is 3.75. The minimum Gasteiger partial charge on any atom is -0.344 e. The van der Waals surface area contributed by atoms with E-state index in [0.717, 1.165) is 17.8 Å². The minimum absolute atomic E-state index is 0. The van der Waals surface area contributed by atoms with Gasteiger partial charge in [-0.3, -0.25) is 0 Å². The van der Waals surface area contributed by atoms with Crippen LogP contribution in [0.2, 0.25) is 0 Å². The Morgan fingerprint density at radius 2 is 1.96 bits per heavy atom. The smallest absolute Gasteiger partial charge is 0.344 e. The normalized spacial score (nSPS) is 12.3. The molecule has 0 aliphatic carbocycles. The first-order valence-electron chi connectivity index (χ1n) is 7.85. The zero-order valence-electron chi connectivity index (χ0n) is 13.8. The molecule has 4 nitrogen and oxygen atoms in total. The zero-order valence-corrected chi connectivity index (χ0v) is 16.6. The third-order valence-corrected chi connectivity index (χ3v) is 4.98. The zero-order chi connectivity index (χ0) is 15.7. The van der Waals surface area contributed by atoms with Crippen LogP contribution in [0.3, 0.4) is 0 Å². The second kappa shape index (κ2) is 4.38. The third-order valence-electron chi connectivity index (χ3n) is 4.98. The number of nitrogens with zero attached hydrogens (tertiary/aromatic N) is 4. The summed E-state index contributed by atoms with van der Waals surface area (Å²) in [6, 6.07) is 12.8. The number of aryl methyl sites for hydroxylation is 3. The van der Waals surface area contributed by atoms with Crippen LogP contribution in [0.5, 0.6) is 0 Å². The molecule has 0 spiro atoms. The van der Waals surface area contributed by atoms with Crippen molar-refractivity contribution < 1.29 is 9.13 Å². The van der Waals surface area contributed by atoms with E-state index in [0.29, 0.717) is 0 Å². The van der Waals surface area contributed by atoms with Gasteiger partial charge in [0.2, 0.25) is 11.3 Å². The van der Waals surface area contributed by atoms with E-state index in [9.17, 15) is 0 Å². The van der Waals surface area contributed by atoms with Gasteiger partial charge in [0.1, 0.15) is 5.52 Å². The molecular weight excluding hydrogens is 531 g/mol. The molecule has 0 unspecified atom stereocenters. The van der Waals surface area contributed by atoms with Crippen LogP contribution in [0.1, 0.15) is 17.1 Å². The van der Waals surface area contributed by atoms with Crippen molar-refractivity contribution in [1.29, 1.82) is 0 Å². The molecule has 1 aliphatic heterocycles. The van der Waals surface area contributed by atoms with E-state index in [2.05, 4.69) is 71.2 Å². The predicted molar refractivity (Wildman–Crippen MR) is 87.3 cm³/mol. The molecule has 0 bridgehead atoms. The summed E-state index contributed by atoms with van der Waals surface area (Å²) in [6.45, 7) is 2.14. The summed E-state index contributed by atoms with van der Waals surface area (Å²) >= 11 is 0. The minimum atomic E-state index is 0. The Labute approximate surface area is 134 Å². The molecule has 1 aliphatic rings. The molecule has 0 fully saturated rings. The van der Waals surface area contributed by atoms with Crippen LogP contribution in [-0.2, 0) is 20.5 Å². The first kappa shape index (κ1) is 13.9. The van der Waals surface area contributed by atoms with Crippen molar-refractivity contribution in [3.8, 4) is 5.82 Å². The molecule has 5 rings (SSSR count). The molecule has 1 radical (unpaired) electrons. The molecule has 0 saturated carbocycles. The van der Waals surface area contributed by atoms with Crippen molar-refractivity contribution >= 4 is 21.9 Å². The van der Waals surface area contributed by atoms with E-state index in [1.165, 1.54) is 33.5 Å².